The Morgan fingerprint density at radius 1 is 1.21 bits per heavy atom. The van der Waals surface area contributed by atoms with Crippen LogP contribution >= 0.6 is 12.4 Å². The Morgan fingerprint density at radius 3 is 2.55 bits per heavy atom. The molecule has 158 valence electrons. The van der Waals surface area contributed by atoms with Crippen molar-refractivity contribution in [3.63, 3.8) is 0 Å². The summed E-state index contributed by atoms with van der Waals surface area (Å²) < 4.78 is 11.6. The normalized spacial score (nSPS) is 16.2. The zero-order valence-corrected chi connectivity index (χ0v) is 18.3. The maximum Gasteiger partial charge on any atom is 0.361 e. The van der Waals surface area contributed by atoms with E-state index in [1.54, 1.807) is 0 Å². The van der Waals surface area contributed by atoms with Crippen molar-refractivity contribution in [1.82, 2.24) is 15.3 Å². The lowest BCUT2D eigenvalue weighted by molar-refractivity contribution is 0.00572. The van der Waals surface area contributed by atoms with Crippen LogP contribution < -0.4 is 10.1 Å². The van der Waals surface area contributed by atoms with Crippen molar-refractivity contribution >= 4 is 18.4 Å². The molecule has 3 rings (SSSR count). The largest absolute Gasteiger partial charge is 0.484 e. The Labute approximate surface area is 178 Å². The van der Waals surface area contributed by atoms with Crippen LogP contribution in [0.5, 0.6) is 5.75 Å². The van der Waals surface area contributed by atoms with E-state index in [0.717, 1.165) is 31.5 Å². The second-order valence-electron chi connectivity index (χ2n) is 8.24. The Balaban J connectivity index is 0.00000300. The first-order valence-electron chi connectivity index (χ1n) is 9.80. The second kappa shape index (κ2) is 10.0. The van der Waals surface area contributed by atoms with E-state index in [1.807, 2.05) is 58.0 Å². The molecule has 1 unspecified atom stereocenters. The van der Waals surface area contributed by atoms with Gasteiger partial charge in [0.25, 0.3) is 0 Å². The number of benzene rings is 1. The van der Waals surface area contributed by atoms with Gasteiger partial charge in [-0.25, -0.2) is 14.8 Å². The zero-order valence-electron chi connectivity index (χ0n) is 17.5. The molecule has 1 fully saturated rings. The summed E-state index contributed by atoms with van der Waals surface area (Å²) in [6.45, 7) is 9.69. The van der Waals surface area contributed by atoms with Gasteiger partial charge in [0.15, 0.2) is 11.4 Å². The van der Waals surface area contributed by atoms with Gasteiger partial charge in [0, 0.05) is 6.42 Å². The zero-order chi connectivity index (χ0) is 20.1. The molecule has 0 saturated carbocycles. The Kier molecular flexibility index (Phi) is 7.99. The lowest BCUT2D eigenvalue weighted by Crippen LogP contribution is -2.26. The minimum absolute atomic E-state index is 0. The fourth-order valence-corrected chi connectivity index (χ4v) is 3.23. The van der Waals surface area contributed by atoms with Gasteiger partial charge in [-0.15, -0.1) is 12.4 Å². The van der Waals surface area contributed by atoms with Crippen molar-refractivity contribution in [2.45, 2.75) is 52.7 Å². The molecular formula is C22H30ClN3O3. The van der Waals surface area contributed by atoms with Crippen LogP contribution in [0.25, 0.3) is 0 Å². The van der Waals surface area contributed by atoms with Gasteiger partial charge in [0.2, 0.25) is 0 Å². The number of hydrogen-bond donors (Lipinski definition) is 1. The molecule has 0 bridgehead atoms. The number of esters is 1. The number of nitrogens with zero attached hydrogens (tertiary/aromatic N) is 2. The lowest BCUT2D eigenvalue weighted by Gasteiger charge is -2.21. The first kappa shape index (κ1) is 23.1. The van der Waals surface area contributed by atoms with Crippen molar-refractivity contribution in [2.75, 3.05) is 13.1 Å². The van der Waals surface area contributed by atoms with Gasteiger partial charge in [0.1, 0.15) is 18.0 Å². The van der Waals surface area contributed by atoms with Crippen LogP contribution in [0.2, 0.25) is 0 Å². The number of halogens is 1. The van der Waals surface area contributed by atoms with Crippen molar-refractivity contribution < 1.29 is 14.3 Å². The van der Waals surface area contributed by atoms with Crippen LogP contribution in [0.3, 0.4) is 0 Å². The highest BCUT2D eigenvalue weighted by Gasteiger charge is 2.26. The number of aromatic nitrogens is 2. The minimum Gasteiger partial charge on any atom is -0.484 e. The molecule has 1 aliphatic heterocycles. The Morgan fingerprint density at radius 2 is 1.93 bits per heavy atom. The Bertz CT molecular complexity index is 816. The van der Waals surface area contributed by atoms with Gasteiger partial charge in [-0.1, -0.05) is 30.3 Å². The summed E-state index contributed by atoms with van der Waals surface area (Å²) in [5, 5.41) is 3.35. The van der Waals surface area contributed by atoms with Gasteiger partial charge >= 0.3 is 5.97 Å². The Hall–Kier alpha value is -2.18. The van der Waals surface area contributed by atoms with E-state index in [-0.39, 0.29) is 18.1 Å². The molecule has 0 radical (unpaired) electrons. The summed E-state index contributed by atoms with van der Waals surface area (Å²) in [4.78, 5) is 22.0. The molecule has 1 saturated heterocycles. The highest BCUT2D eigenvalue weighted by molar-refractivity contribution is 5.90. The molecule has 0 aliphatic carbocycles. The first-order chi connectivity index (χ1) is 13.3. The van der Waals surface area contributed by atoms with Crippen LogP contribution in [-0.2, 0) is 17.8 Å². The van der Waals surface area contributed by atoms with Gasteiger partial charge in [0.05, 0.1) is 5.69 Å². The van der Waals surface area contributed by atoms with Gasteiger partial charge < -0.3 is 14.8 Å². The summed E-state index contributed by atoms with van der Waals surface area (Å²) in [5.74, 6) is 1.07. The predicted octanol–water partition coefficient (Wildman–Crippen LogP) is 3.89. The molecule has 1 aromatic carbocycles. The van der Waals surface area contributed by atoms with Crippen molar-refractivity contribution in [2.24, 2.45) is 5.92 Å². The molecule has 0 amide bonds. The van der Waals surface area contributed by atoms with Crippen molar-refractivity contribution in [1.29, 1.82) is 0 Å². The summed E-state index contributed by atoms with van der Waals surface area (Å²) in [6, 6.07) is 9.82. The van der Waals surface area contributed by atoms with E-state index in [4.69, 9.17) is 9.47 Å². The van der Waals surface area contributed by atoms with E-state index < -0.39 is 11.6 Å². The van der Waals surface area contributed by atoms with Crippen LogP contribution in [0, 0.1) is 12.8 Å². The minimum atomic E-state index is -0.609. The van der Waals surface area contributed by atoms with Gasteiger partial charge in [-0.05, 0) is 58.7 Å². The maximum atomic E-state index is 12.8. The maximum absolute atomic E-state index is 12.8. The topological polar surface area (TPSA) is 73.3 Å². The van der Waals surface area contributed by atoms with Gasteiger partial charge in [-0.3, -0.25) is 0 Å². The molecule has 1 aromatic heterocycles. The summed E-state index contributed by atoms with van der Waals surface area (Å²) >= 11 is 0. The molecule has 1 N–H and O–H groups in total. The molecule has 29 heavy (non-hydrogen) atoms. The molecule has 1 atom stereocenters. The van der Waals surface area contributed by atoms with Crippen molar-refractivity contribution in [3.8, 4) is 5.75 Å². The second-order valence-corrected chi connectivity index (χ2v) is 8.24. The molecule has 6 nitrogen and oxygen atoms in total. The summed E-state index contributed by atoms with van der Waals surface area (Å²) in [7, 11) is 0. The van der Waals surface area contributed by atoms with E-state index in [1.165, 1.54) is 0 Å². The molecule has 7 heteroatoms. The number of carbonyl (C=O) groups is 1. The van der Waals surface area contributed by atoms with Crippen LogP contribution in [0.4, 0.5) is 0 Å². The van der Waals surface area contributed by atoms with Crippen molar-refractivity contribution in [3.05, 3.63) is 53.1 Å². The average Bonchev–Trinajstić information content (AvgIpc) is 3.13. The summed E-state index contributed by atoms with van der Waals surface area (Å²) in [6.07, 6.45) is 1.83. The molecule has 0 spiro atoms. The van der Waals surface area contributed by atoms with Crippen LogP contribution in [0.15, 0.2) is 30.3 Å². The lowest BCUT2D eigenvalue weighted by atomic mass is 10.0. The number of carbonyl (C=O) groups excluding carboxylic acids is 1. The number of nitrogens with one attached hydrogen (secondary N) is 1. The monoisotopic (exact) mass is 419 g/mol. The van der Waals surface area contributed by atoms with Crippen LogP contribution in [0.1, 0.15) is 54.8 Å². The third kappa shape index (κ3) is 6.68. The molecule has 2 heterocycles. The summed E-state index contributed by atoms with van der Waals surface area (Å²) in [5.41, 5.74) is 1.27. The smallest absolute Gasteiger partial charge is 0.361 e. The molecule has 2 aromatic rings. The van der Waals surface area contributed by atoms with E-state index in [0.29, 0.717) is 29.8 Å². The number of aryl methyl sites for hydroxylation is 1. The predicted molar refractivity (Wildman–Crippen MR) is 115 cm³/mol. The van der Waals surface area contributed by atoms with Crippen LogP contribution in [-0.4, -0.2) is 34.6 Å². The van der Waals surface area contributed by atoms with E-state index >= 15 is 0 Å². The average molecular weight is 420 g/mol. The number of hydrogen-bond acceptors (Lipinski definition) is 6. The number of rotatable bonds is 6. The molecular weight excluding hydrogens is 390 g/mol. The van der Waals surface area contributed by atoms with Gasteiger partial charge in [-0.2, -0.15) is 0 Å². The molecule has 1 aliphatic rings. The highest BCUT2D eigenvalue weighted by atomic mass is 35.5. The standard InChI is InChI=1S/C22H29N3O3.ClH/c1-15-20(27-14-16-8-6-5-7-9-16)19(21(26)28-22(2,3)4)25-18(24-15)12-17-10-11-23-13-17;/h5-9,17,23H,10-14H2,1-4H3;1H. The van der Waals surface area contributed by atoms with E-state index in [9.17, 15) is 4.79 Å². The third-order valence-corrected chi connectivity index (χ3v) is 4.53. The fourth-order valence-electron chi connectivity index (χ4n) is 3.23. The third-order valence-electron chi connectivity index (χ3n) is 4.53. The SMILES string of the molecule is Cc1nc(CC2CCNC2)nc(C(=O)OC(C)(C)C)c1OCc1ccccc1.Cl. The quantitative estimate of drug-likeness (QED) is 0.716. The fraction of sp³-hybridized carbons (Fsp3) is 0.500. The van der Waals surface area contributed by atoms with E-state index in [2.05, 4.69) is 15.3 Å². The number of ether oxygens (including phenoxy) is 2. The highest BCUT2D eigenvalue weighted by Crippen LogP contribution is 2.26. The first-order valence-corrected chi connectivity index (χ1v) is 9.80.